The van der Waals surface area contributed by atoms with Crippen LogP contribution in [-0.4, -0.2) is 41.0 Å². The molecule has 0 aromatic carbocycles. The van der Waals surface area contributed by atoms with E-state index >= 15 is 0 Å². The number of H-pyrrole nitrogens is 1. The summed E-state index contributed by atoms with van der Waals surface area (Å²) in [7, 11) is 0. The second kappa shape index (κ2) is 3.57. The van der Waals surface area contributed by atoms with Gasteiger partial charge in [0, 0.05) is 50.3 Å². The Labute approximate surface area is 96.4 Å². The fourth-order valence-electron chi connectivity index (χ4n) is 2.81. The van der Waals surface area contributed by atoms with E-state index in [0.717, 1.165) is 18.8 Å². The average Bonchev–Trinajstić information content (AvgIpc) is 2.49. The van der Waals surface area contributed by atoms with Crippen molar-refractivity contribution in [3.63, 3.8) is 0 Å². The first-order valence-electron chi connectivity index (χ1n) is 6.18. The molecule has 3 rings (SSSR count). The predicted octanol–water partition coefficient (Wildman–Crippen LogP) is 0.686. The molecule has 0 unspecified atom stereocenters. The highest BCUT2D eigenvalue weighted by atomic mass is 15.3. The van der Waals surface area contributed by atoms with Crippen molar-refractivity contribution >= 4 is 0 Å². The molecule has 2 fully saturated rings. The highest BCUT2D eigenvalue weighted by molar-refractivity contribution is 5.15. The molecule has 3 heterocycles. The fourth-order valence-corrected chi connectivity index (χ4v) is 2.81. The van der Waals surface area contributed by atoms with E-state index in [-0.39, 0.29) is 0 Å². The number of aromatic amines is 1. The van der Waals surface area contributed by atoms with Crippen LogP contribution in [-0.2, 0) is 13.0 Å². The van der Waals surface area contributed by atoms with Crippen LogP contribution in [0.5, 0.6) is 0 Å². The molecule has 0 bridgehead atoms. The van der Waals surface area contributed by atoms with Crippen LogP contribution in [0.3, 0.4) is 0 Å². The summed E-state index contributed by atoms with van der Waals surface area (Å²) in [5.41, 5.74) is 3.10. The summed E-state index contributed by atoms with van der Waals surface area (Å²) < 4.78 is 0. The second-order valence-corrected chi connectivity index (χ2v) is 5.36. The van der Waals surface area contributed by atoms with Gasteiger partial charge in [-0.3, -0.25) is 4.90 Å². The van der Waals surface area contributed by atoms with Crippen molar-refractivity contribution in [3.05, 3.63) is 17.2 Å². The van der Waals surface area contributed by atoms with E-state index in [0.29, 0.717) is 5.41 Å². The number of aromatic nitrogens is 2. The number of imidazole rings is 1. The van der Waals surface area contributed by atoms with E-state index in [2.05, 4.69) is 34.0 Å². The van der Waals surface area contributed by atoms with Gasteiger partial charge >= 0.3 is 0 Å². The molecule has 1 aromatic rings. The maximum atomic E-state index is 4.63. The summed E-state index contributed by atoms with van der Waals surface area (Å²) in [5.74, 6) is 1.12. The molecular weight excluding hydrogens is 200 g/mol. The highest BCUT2D eigenvalue weighted by Gasteiger charge is 2.47. The standard InChI is InChI=1S/C12H20N4/c1-3-11-14-9(2)10(15-11)4-16-7-12(8-16)5-13-6-12/h13H,3-8H2,1-2H3,(H,14,15). The van der Waals surface area contributed by atoms with Crippen molar-refractivity contribution in [1.82, 2.24) is 20.2 Å². The number of likely N-dealkylation sites (tertiary alicyclic amines) is 1. The molecule has 0 saturated carbocycles. The van der Waals surface area contributed by atoms with E-state index in [4.69, 9.17) is 0 Å². The fraction of sp³-hybridized carbons (Fsp3) is 0.750. The van der Waals surface area contributed by atoms with Gasteiger partial charge in [0.1, 0.15) is 5.82 Å². The third kappa shape index (κ3) is 1.57. The molecule has 2 saturated heterocycles. The molecule has 88 valence electrons. The number of aryl methyl sites for hydroxylation is 2. The van der Waals surface area contributed by atoms with E-state index < -0.39 is 0 Å². The van der Waals surface area contributed by atoms with Gasteiger partial charge in [0.15, 0.2) is 0 Å². The normalized spacial score (nSPS) is 23.1. The summed E-state index contributed by atoms with van der Waals surface area (Å²) in [5, 5.41) is 3.36. The maximum absolute atomic E-state index is 4.63. The second-order valence-electron chi connectivity index (χ2n) is 5.36. The predicted molar refractivity (Wildman–Crippen MR) is 63.3 cm³/mol. The Hall–Kier alpha value is -0.870. The minimum atomic E-state index is 0.623. The van der Waals surface area contributed by atoms with Crippen LogP contribution in [0.15, 0.2) is 0 Å². The molecule has 0 atom stereocenters. The van der Waals surface area contributed by atoms with Crippen LogP contribution in [0.1, 0.15) is 24.1 Å². The van der Waals surface area contributed by atoms with Crippen molar-refractivity contribution in [2.45, 2.75) is 26.8 Å². The minimum absolute atomic E-state index is 0.623. The molecular formula is C12H20N4. The van der Waals surface area contributed by atoms with Crippen LogP contribution < -0.4 is 5.32 Å². The Morgan fingerprint density at radius 2 is 2.12 bits per heavy atom. The van der Waals surface area contributed by atoms with Gasteiger partial charge in [-0.05, 0) is 6.92 Å². The van der Waals surface area contributed by atoms with E-state index in [9.17, 15) is 0 Å². The summed E-state index contributed by atoms with van der Waals surface area (Å²) in [6, 6.07) is 0. The SMILES string of the molecule is CCc1nc(CN2CC3(CNC3)C2)c(C)[nH]1. The van der Waals surface area contributed by atoms with Crippen molar-refractivity contribution in [1.29, 1.82) is 0 Å². The van der Waals surface area contributed by atoms with Gasteiger partial charge in [-0.1, -0.05) is 6.92 Å². The Morgan fingerprint density at radius 1 is 1.38 bits per heavy atom. The monoisotopic (exact) mass is 220 g/mol. The first-order valence-corrected chi connectivity index (χ1v) is 6.18. The lowest BCUT2D eigenvalue weighted by Gasteiger charge is -2.56. The third-order valence-electron chi connectivity index (χ3n) is 3.86. The van der Waals surface area contributed by atoms with Crippen molar-refractivity contribution < 1.29 is 0 Å². The van der Waals surface area contributed by atoms with Crippen LogP contribution in [0.25, 0.3) is 0 Å². The summed E-state index contributed by atoms with van der Waals surface area (Å²) in [4.78, 5) is 10.5. The Balaban J connectivity index is 1.60. The molecule has 0 amide bonds. The van der Waals surface area contributed by atoms with Crippen LogP contribution >= 0.6 is 0 Å². The number of hydrogen-bond acceptors (Lipinski definition) is 3. The maximum Gasteiger partial charge on any atom is 0.106 e. The average molecular weight is 220 g/mol. The Bertz CT molecular complexity index is 384. The smallest absolute Gasteiger partial charge is 0.106 e. The molecule has 1 spiro atoms. The van der Waals surface area contributed by atoms with Gasteiger partial charge in [-0.25, -0.2) is 4.98 Å². The van der Waals surface area contributed by atoms with Gasteiger partial charge in [-0.15, -0.1) is 0 Å². The molecule has 1 aromatic heterocycles. The topological polar surface area (TPSA) is 44.0 Å². The molecule has 2 aliphatic rings. The quantitative estimate of drug-likeness (QED) is 0.787. The van der Waals surface area contributed by atoms with E-state index in [1.165, 1.54) is 37.6 Å². The van der Waals surface area contributed by atoms with Crippen molar-refractivity contribution in [2.24, 2.45) is 5.41 Å². The summed E-state index contributed by atoms with van der Waals surface area (Å²) in [6.45, 7) is 10.2. The highest BCUT2D eigenvalue weighted by Crippen LogP contribution is 2.34. The van der Waals surface area contributed by atoms with E-state index in [1.807, 2.05) is 0 Å². The van der Waals surface area contributed by atoms with Crippen molar-refractivity contribution in [3.8, 4) is 0 Å². The zero-order chi connectivity index (χ0) is 11.2. The molecule has 4 nitrogen and oxygen atoms in total. The van der Waals surface area contributed by atoms with Gasteiger partial charge in [0.2, 0.25) is 0 Å². The number of nitrogens with one attached hydrogen (secondary N) is 2. The van der Waals surface area contributed by atoms with Crippen LogP contribution in [0.4, 0.5) is 0 Å². The summed E-state index contributed by atoms with van der Waals surface area (Å²) >= 11 is 0. The lowest BCUT2D eigenvalue weighted by Crippen LogP contribution is -2.70. The molecule has 4 heteroatoms. The first-order chi connectivity index (χ1) is 7.71. The molecule has 0 radical (unpaired) electrons. The zero-order valence-corrected chi connectivity index (χ0v) is 10.1. The van der Waals surface area contributed by atoms with Gasteiger partial charge in [-0.2, -0.15) is 0 Å². The number of nitrogens with zero attached hydrogens (tertiary/aromatic N) is 2. The minimum Gasteiger partial charge on any atom is -0.346 e. The van der Waals surface area contributed by atoms with Gasteiger partial charge < -0.3 is 10.3 Å². The van der Waals surface area contributed by atoms with Crippen LogP contribution in [0, 0.1) is 12.3 Å². The van der Waals surface area contributed by atoms with Crippen molar-refractivity contribution in [2.75, 3.05) is 26.2 Å². The Kier molecular flexibility index (Phi) is 2.30. The molecule has 16 heavy (non-hydrogen) atoms. The third-order valence-corrected chi connectivity index (χ3v) is 3.86. The number of rotatable bonds is 3. The molecule has 2 N–H and O–H groups in total. The molecule has 0 aliphatic carbocycles. The Morgan fingerprint density at radius 3 is 2.62 bits per heavy atom. The zero-order valence-electron chi connectivity index (χ0n) is 10.1. The number of hydrogen-bond donors (Lipinski definition) is 2. The summed E-state index contributed by atoms with van der Waals surface area (Å²) in [6.07, 6.45) is 0.995. The molecule has 2 aliphatic heterocycles. The first kappa shape index (κ1) is 10.3. The lowest BCUT2D eigenvalue weighted by molar-refractivity contribution is -0.0451. The largest absolute Gasteiger partial charge is 0.346 e. The van der Waals surface area contributed by atoms with Gasteiger partial charge in [0.25, 0.3) is 0 Å². The van der Waals surface area contributed by atoms with Crippen LogP contribution in [0.2, 0.25) is 0 Å². The van der Waals surface area contributed by atoms with Gasteiger partial charge in [0.05, 0.1) is 5.69 Å². The lowest BCUT2D eigenvalue weighted by atomic mass is 9.74. The van der Waals surface area contributed by atoms with E-state index in [1.54, 1.807) is 0 Å².